The monoisotopic (exact) mass is 296 g/mol. The Hall–Kier alpha value is -2.17. The van der Waals surface area contributed by atoms with E-state index in [2.05, 4.69) is 5.43 Å². The van der Waals surface area contributed by atoms with E-state index in [1.54, 1.807) is 0 Å². The summed E-state index contributed by atoms with van der Waals surface area (Å²) >= 11 is 0. The maximum Gasteiger partial charge on any atom is 0.265 e. The molecule has 1 aliphatic heterocycles. The van der Waals surface area contributed by atoms with Crippen molar-refractivity contribution in [3.8, 4) is 0 Å². The molecule has 1 heterocycles. The Labute approximate surface area is 130 Å². The highest BCUT2D eigenvalue weighted by molar-refractivity contribution is 5.93. The number of benzene rings is 2. The van der Waals surface area contributed by atoms with Gasteiger partial charge in [0.25, 0.3) is 5.91 Å². The standard InChI is InChI=1S/C18H20N2O2/c21-18(16-10-5-2-6-11-16)19-20-13-7-12-17(20)22-14-15-8-3-1-4-9-15/h1-6,8-11,17H,7,12-14H2,(H,19,21). The number of carbonyl (C=O) groups is 1. The van der Waals surface area contributed by atoms with Gasteiger partial charge < -0.3 is 4.74 Å². The molecule has 1 fully saturated rings. The lowest BCUT2D eigenvalue weighted by molar-refractivity contribution is -0.0629. The van der Waals surface area contributed by atoms with E-state index in [4.69, 9.17) is 4.74 Å². The molecule has 1 atom stereocenters. The average molecular weight is 296 g/mol. The molecule has 1 unspecified atom stereocenters. The van der Waals surface area contributed by atoms with Crippen LogP contribution in [0.15, 0.2) is 60.7 Å². The van der Waals surface area contributed by atoms with Crippen molar-refractivity contribution in [2.75, 3.05) is 6.54 Å². The number of rotatable bonds is 5. The first-order valence-corrected chi connectivity index (χ1v) is 7.61. The molecular formula is C18H20N2O2. The van der Waals surface area contributed by atoms with Crippen LogP contribution in [0.2, 0.25) is 0 Å². The van der Waals surface area contributed by atoms with Gasteiger partial charge in [-0.3, -0.25) is 10.2 Å². The molecule has 4 heteroatoms. The second-order valence-electron chi connectivity index (χ2n) is 5.39. The van der Waals surface area contributed by atoms with Crippen LogP contribution in [0.3, 0.4) is 0 Å². The van der Waals surface area contributed by atoms with E-state index < -0.39 is 0 Å². The van der Waals surface area contributed by atoms with Crippen LogP contribution >= 0.6 is 0 Å². The average Bonchev–Trinajstić information content (AvgIpc) is 3.02. The molecule has 1 amide bonds. The number of hydrogen-bond acceptors (Lipinski definition) is 3. The number of carbonyl (C=O) groups excluding carboxylic acids is 1. The fraction of sp³-hybridized carbons (Fsp3) is 0.278. The summed E-state index contributed by atoms with van der Waals surface area (Å²) in [5.74, 6) is -0.0872. The third-order valence-electron chi connectivity index (χ3n) is 3.76. The Kier molecular flexibility index (Phi) is 4.83. The van der Waals surface area contributed by atoms with Crippen molar-refractivity contribution >= 4 is 5.91 Å². The van der Waals surface area contributed by atoms with Gasteiger partial charge in [0.2, 0.25) is 0 Å². The molecule has 0 aliphatic carbocycles. The van der Waals surface area contributed by atoms with E-state index >= 15 is 0 Å². The van der Waals surface area contributed by atoms with Gasteiger partial charge in [-0.15, -0.1) is 0 Å². The molecule has 2 aromatic carbocycles. The Bertz CT molecular complexity index is 601. The molecule has 114 valence electrons. The summed E-state index contributed by atoms with van der Waals surface area (Å²) < 4.78 is 5.95. The zero-order valence-corrected chi connectivity index (χ0v) is 12.4. The van der Waals surface area contributed by atoms with Crippen LogP contribution in [0.4, 0.5) is 0 Å². The lowest BCUT2D eigenvalue weighted by Crippen LogP contribution is -2.46. The zero-order valence-electron chi connectivity index (χ0n) is 12.4. The largest absolute Gasteiger partial charge is 0.357 e. The highest BCUT2D eigenvalue weighted by Gasteiger charge is 2.26. The minimum absolute atomic E-state index is 0.0622. The van der Waals surface area contributed by atoms with E-state index in [0.29, 0.717) is 12.2 Å². The van der Waals surface area contributed by atoms with Crippen molar-refractivity contribution in [3.63, 3.8) is 0 Å². The van der Waals surface area contributed by atoms with Gasteiger partial charge in [-0.1, -0.05) is 48.5 Å². The van der Waals surface area contributed by atoms with Crippen molar-refractivity contribution in [3.05, 3.63) is 71.8 Å². The van der Waals surface area contributed by atoms with Crippen LogP contribution < -0.4 is 5.43 Å². The fourth-order valence-electron chi connectivity index (χ4n) is 2.59. The number of hydrogen-bond donors (Lipinski definition) is 1. The molecule has 0 spiro atoms. The number of nitrogens with one attached hydrogen (secondary N) is 1. The molecule has 0 aromatic heterocycles. The summed E-state index contributed by atoms with van der Waals surface area (Å²) in [6.07, 6.45) is 1.89. The van der Waals surface area contributed by atoms with E-state index in [-0.39, 0.29) is 12.1 Å². The van der Waals surface area contributed by atoms with Crippen molar-refractivity contribution in [2.45, 2.75) is 25.7 Å². The Balaban J connectivity index is 1.55. The lowest BCUT2D eigenvalue weighted by atomic mass is 10.2. The Morgan fingerprint density at radius 2 is 1.77 bits per heavy atom. The van der Waals surface area contributed by atoms with Crippen LogP contribution in [0.5, 0.6) is 0 Å². The van der Waals surface area contributed by atoms with Crippen LogP contribution in [-0.2, 0) is 11.3 Å². The molecule has 0 radical (unpaired) electrons. The molecule has 4 nitrogen and oxygen atoms in total. The van der Waals surface area contributed by atoms with E-state index in [0.717, 1.165) is 24.9 Å². The van der Waals surface area contributed by atoms with Crippen LogP contribution in [0.25, 0.3) is 0 Å². The molecule has 1 aliphatic rings. The summed E-state index contributed by atoms with van der Waals surface area (Å²) in [5.41, 5.74) is 4.76. The maximum atomic E-state index is 12.2. The minimum atomic E-state index is -0.0872. The van der Waals surface area contributed by atoms with E-state index in [1.165, 1.54) is 0 Å². The number of amides is 1. The first kappa shape index (κ1) is 14.8. The number of nitrogens with zero attached hydrogens (tertiary/aromatic N) is 1. The SMILES string of the molecule is O=C(NN1CCCC1OCc1ccccc1)c1ccccc1. The van der Waals surface area contributed by atoms with Gasteiger partial charge in [0.05, 0.1) is 6.61 Å². The normalized spacial score (nSPS) is 18.3. The van der Waals surface area contributed by atoms with Gasteiger partial charge in [0, 0.05) is 12.1 Å². The molecule has 1 N–H and O–H groups in total. The second kappa shape index (κ2) is 7.20. The maximum absolute atomic E-state index is 12.2. The fourth-order valence-corrected chi connectivity index (χ4v) is 2.59. The minimum Gasteiger partial charge on any atom is -0.357 e. The van der Waals surface area contributed by atoms with Crippen molar-refractivity contribution in [1.82, 2.24) is 10.4 Å². The van der Waals surface area contributed by atoms with E-state index in [1.807, 2.05) is 65.7 Å². The van der Waals surface area contributed by atoms with Crippen LogP contribution in [-0.4, -0.2) is 23.7 Å². The first-order valence-electron chi connectivity index (χ1n) is 7.61. The second-order valence-corrected chi connectivity index (χ2v) is 5.39. The quantitative estimate of drug-likeness (QED) is 0.922. The summed E-state index contributed by atoms with van der Waals surface area (Å²) in [6.45, 7) is 1.38. The van der Waals surface area contributed by atoms with Crippen molar-refractivity contribution < 1.29 is 9.53 Å². The summed E-state index contributed by atoms with van der Waals surface area (Å²) in [7, 11) is 0. The summed E-state index contributed by atoms with van der Waals surface area (Å²) in [5, 5.41) is 1.90. The Morgan fingerprint density at radius 3 is 2.50 bits per heavy atom. The molecule has 0 saturated carbocycles. The third-order valence-corrected chi connectivity index (χ3v) is 3.76. The molecule has 22 heavy (non-hydrogen) atoms. The highest BCUT2D eigenvalue weighted by atomic mass is 16.5. The summed E-state index contributed by atoms with van der Waals surface area (Å²) in [6, 6.07) is 19.3. The Morgan fingerprint density at radius 1 is 1.09 bits per heavy atom. The van der Waals surface area contributed by atoms with Crippen molar-refractivity contribution in [1.29, 1.82) is 0 Å². The lowest BCUT2D eigenvalue weighted by Gasteiger charge is -2.25. The van der Waals surface area contributed by atoms with Crippen LogP contribution in [0.1, 0.15) is 28.8 Å². The molecule has 1 saturated heterocycles. The highest BCUT2D eigenvalue weighted by Crippen LogP contribution is 2.18. The predicted octanol–water partition coefficient (Wildman–Crippen LogP) is 2.97. The van der Waals surface area contributed by atoms with Crippen LogP contribution in [0, 0.1) is 0 Å². The van der Waals surface area contributed by atoms with Gasteiger partial charge in [-0.2, -0.15) is 5.01 Å². The third kappa shape index (κ3) is 3.72. The molecule has 0 bridgehead atoms. The van der Waals surface area contributed by atoms with Gasteiger partial charge in [0.1, 0.15) is 6.23 Å². The molecule has 3 rings (SSSR count). The topological polar surface area (TPSA) is 41.6 Å². The van der Waals surface area contributed by atoms with Gasteiger partial charge in [-0.25, -0.2) is 0 Å². The molecular weight excluding hydrogens is 276 g/mol. The predicted molar refractivity (Wildman–Crippen MR) is 84.9 cm³/mol. The van der Waals surface area contributed by atoms with Gasteiger partial charge >= 0.3 is 0 Å². The van der Waals surface area contributed by atoms with Gasteiger partial charge in [-0.05, 0) is 30.5 Å². The first-order chi connectivity index (χ1) is 10.8. The smallest absolute Gasteiger partial charge is 0.265 e. The zero-order chi connectivity index (χ0) is 15.2. The number of ether oxygens (including phenoxy) is 1. The van der Waals surface area contributed by atoms with E-state index in [9.17, 15) is 4.79 Å². The summed E-state index contributed by atoms with van der Waals surface area (Å²) in [4.78, 5) is 12.2. The van der Waals surface area contributed by atoms with Gasteiger partial charge in [0.15, 0.2) is 0 Å². The molecule has 2 aromatic rings. The number of hydrazine groups is 1. The van der Waals surface area contributed by atoms with Crippen molar-refractivity contribution in [2.24, 2.45) is 0 Å².